The minimum Gasteiger partial charge on any atom is -0.366 e. The molecule has 1 aliphatic heterocycles. The molecule has 0 aliphatic carbocycles. The number of nitroso groups, excluding NO2 is 1. The van der Waals surface area contributed by atoms with Crippen LogP contribution in [0.15, 0.2) is 34.8 Å². The van der Waals surface area contributed by atoms with Gasteiger partial charge in [-0.15, -0.1) is 16.2 Å². The molecule has 0 amide bonds. The molecule has 1 saturated heterocycles. The number of nitrogens with zero attached hydrogens (tertiary/aromatic N) is 1. The third-order valence-corrected chi connectivity index (χ3v) is 3.92. The lowest BCUT2D eigenvalue weighted by atomic mass is 10.0. The molecule has 2 aromatic rings. The topological polar surface area (TPSA) is 62.2 Å². The van der Waals surface area contributed by atoms with Crippen molar-refractivity contribution < 1.29 is 9.84 Å². The molecular weight excluding hydrogens is 274 g/mol. The van der Waals surface area contributed by atoms with Crippen molar-refractivity contribution in [3.05, 3.63) is 45.1 Å². The van der Waals surface area contributed by atoms with Crippen molar-refractivity contribution in [1.82, 2.24) is 0 Å². The Morgan fingerprint density at radius 2 is 2.00 bits per heavy atom. The second-order valence-electron chi connectivity index (χ2n) is 3.91. The quantitative estimate of drug-likeness (QED) is 0.686. The van der Waals surface area contributed by atoms with Crippen LogP contribution in [0.25, 0.3) is 11.1 Å². The molecule has 4 nitrogen and oxygen atoms in total. The van der Waals surface area contributed by atoms with Crippen LogP contribution in [-0.4, -0.2) is 11.4 Å². The number of ether oxygens (including phenoxy) is 1. The van der Waals surface area contributed by atoms with Crippen LogP contribution in [0.5, 0.6) is 0 Å². The van der Waals surface area contributed by atoms with Crippen LogP contribution in [0.1, 0.15) is 11.7 Å². The summed E-state index contributed by atoms with van der Waals surface area (Å²) in [7, 11) is 0. The van der Waals surface area contributed by atoms with E-state index < -0.39 is 12.4 Å². The zero-order valence-electron chi connectivity index (χ0n) is 9.04. The van der Waals surface area contributed by atoms with E-state index in [0.29, 0.717) is 15.6 Å². The van der Waals surface area contributed by atoms with E-state index in [2.05, 4.69) is 5.18 Å². The zero-order chi connectivity index (χ0) is 12.7. The number of halogens is 1. The SMILES string of the molecule is O=Nc1scc(-c2ccc(Cl)cc2)c1C1OC1O. The summed E-state index contributed by atoms with van der Waals surface area (Å²) >= 11 is 7.08. The summed E-state index contributed by atoms with van der Waals surface area (Å²) in [5.74, 6) is 0. The van der Waals surface area contributed by atoms with Crippen LogP contribution < -0.4 is 0 Å². The highest BCUT2D eigenvalue weighted by atomic mass is 35.5. The Hall–Kier alpha value is -1.27. The maximum Gasteiger partial charge on any atom is 0.186 e. The van der Waals surface area contributed by atoms with E-state index in [9.17, 15) is 10.0 Å². The number of hydrogen-bond acceptors (Lipinski definition) is 5. The van der Waals surface area contributed by atoms with Crippen LogP contribution in [-0.2, 0) is 4.74 Å². The highest BCUT2D eigenvalue weighted by Crippen LogP contribution is 2.49. The first-order valence-electron chi connectivity index (χ1n) is 5.25. The fourth-order valence-corrected chi connectivity index (χ4v) is 2.89. The second kappa shape index (κ2) is 4.44. The minimum atomic E-state index is -0.842. The molecule has 2 atom stereocenters. The molecule has 1 fully saturated rings. The monoisotopic (exact) mass is 281 g/mol. The highest BCUT2D eigenvalue weighted by molar-refractivity contribution is 7.14. The van der Waals surface area contributed by atoms with Crippen LogP contribution in [0.2, 0.25) is 5.02 Å². The molecule has 1 aromatic heterocycles. The van der Waals surface area contributed by atoms with Crippen molar-refractivity contribution in [3.63, 3.8) is 0 Å². The first-order valence-corrected chi connectivity index (χ1v) is 6.50. The van der Waals surface area contributed by atoms with Gasteiger partial charge in [-0.25, -0.2) is 0 Å². The van der Waals surface area contributed by atoms with Gasteiger partial charge in [0.1, 0.15) is 6.10 Å². The number of rotatable bonds is 3. The third kappa shape index (κ3) is 1.95. The van der Waals surface area contributed by atoms with Gasteiger partial charge in [-0.3, -0.25) is 0 Å². The number of aliphatic hydroxyl groups is 1. The lowest BCUT2D eigenvalue weighted by Crippen LogP contribution is -1.87. The summed E-state index contributed by atoms with van der Waals surface area (Å²) in [6.45, 7) is 0. The molecule has 18 heavy (non-hydrogen) atoms. The Morgan fingerprint density at radius 3 is 2.56 bits per heavy atom. The standard InChI is InChI=1S/C12H8ClNO3S/c13-7-3-1-6(2-4-7)8-5-18-11(14-16)9(8)10-12(15)17-10/h1-5,10,12,15H. The average Bonchev–Trinajstić information content (AvgIpc) is 2.94. The van der Waals surface area contributed by atoms with E-state index in [1.165, 1.54) is 11.3 Å². The van der Waals surface area contributed by atoms with Gasteiger partial charge in [0.25, 0.3) is 0 Å². The Bertz CT molecular complexity index is 596. The van der Waals surface area contributed by atoms with Crippen molar-refractivity contribution in [1.29, 1.82) is 0 Å². The van der Waals surface area contributed by atoms with Crippen molar-refractivity contribution >= 4 is 27.9 Å². The molecule has 6 heteroatoms. The van der Waals surface area contributed by atoms with Gasteiger partial charge in [-0.1, -0.05) is 23.7 Å². The van der Waals surface area contributed by atoms with Crippen molar-refractivity contribution in [2.24, 2.45) is 5.18 Å². The summed E-state index contributed by atoms with van der Waals surface area (Å²) in [6, 6.07) is 7.27. The molecule has 3 rings (SSSR count). The van der Waals surface area contributed by atoms with E-state index in [1.54, 1.807) is 12.1 Å². The smallest absolute Gasteiger partial charge is 0.186 e. The fraction of sp³-hybridized carbons (Fsp3) is 0.167. The number of thiophene rings is 1. The lowest BCUT2D eigenvalue weighted by Gasteiger charge is -2.02. The van der Waals surface area contributed by atoms with Crippen LogP contribution in [0.4, 0.5) is 5.00 Å². The van der Waals surface area contributed by atoms with E-state index >= 15 is 0 Å². The van der Waals surface area contributed by atoms with Gasteiger partial charge in [-0.2, -0.15) is 0 Å². The van der Waals surface area contributed by atoms with Crippen molar-refractivity contribution in [3.8, 4) is 11.1 Å². The van der Waals surface area contributed by atoms with Crippen LogP contribution in [0.3, 0.4) is 0 Å². The molecule has 92 valence electrons. The third-order valence-electron chi connectivity index (χ3n) is 2.80. The molecule has 1 aromatic carbocycles. The second-order valence-corrected chi connectivity index (χ2v) is 5.21. The molecule has 2 unspecified atom stereocenters. The number of benzene rings is 1. The first-order chi connectivity index (χ1) is 8.70. The van der Waals surface area contributed by atoms with Crippen LogP contribution >= 0.6 is 22.9 Å². The first kappa shape index (κ1) is 11.8. The summed E-state index contributed by atoms with van der Waals surface area (Å²) in [5, 5.41) is 15.2. The normalized spacial score (nSPS) is 21.9. The predicted octanol–water partition coefficient (Wildman–Crippen LogP) is 3.86. The number of aliphatic hydroxyl groups excluding tert-OH is 1. The molecular formula is C12H8ClNO3S. The minimum absolute atomic E-state index is 0.349. The summed E-state index contributed by atoms with van der Waals surface area (Å²) < 4.78 is 5.03. The van der Waals surface area contributed by atoms with Gasteiger partial charge in [-0.05, 0) is 22.9 Å². The van der Waals surface area contributed by atoms with Gasteiger partial charge >= 0.3 is 0 Å². The Labute approximate surface area is 112 Å². The maximum absolute atomic E-state index is 10.8. The van der Waals surface area contributed by atoms with E-state index in [-0.39, 0.29) is 0 Å². The van der Waals surface area contributed by atoms with Gasteiger partial charge in [0.2, 0.25) is 0 Å². The van der Waals surface area contributed by atoms with Crippen LogP contribution in [0, 0.1) is 4.91 Å². The van der Waals surface area contributed by atoms with E-state index in [0.717, 1.165) is 11.1 Å². The van der Waals surface area contributed by atoms with Gasteiger partial charge in [0, 0.05) is 21.5 Å². The summed E-state index contributed by atoms with van der Waals surface area (Å²) in [5.41, 5.74) is 2.43. The summed E-state index contributed by atoms with van der Waals surface area (Å²) in [4.78, 5) is 10.8. The molecule has 0 radical (unpaired) electrons. The lowest BCUT2D eigenvalue weighted by molar-refractivity contribution is 0.156. The maximum atomic E-state index is 10.8. The van der Waals surface area contributed by atoms with E-state index in [1.807, 2.05) is 17.5 Å². The molecule has 0 saturated carbocycles. The zero-order valence-corrected chi connectivity index (χ0v) is 10.6. The van der Waals surface area contributed by atoms with E-state index in [4.69, 9.17) is 16.3 Å². The Balaban J connectivity index is 2.09. The van der Waals surface area contributed by atoms with Gasteiger partial charge in [0.05, 0.1) is 0 Å². The molecule has 0 bridgehead atoms. The fourth-order valence-electron chi connectivity index (χ4n) is 1.87. The molecule has 1 N–H and O–H groups in total. The number of epoxide rings is 1. The van der Waals surface area contributed by atoms with Gasteiger partial charge < -0.3 is 9.84 Å². The number of hydrogen-bond donors (Lipinski definition) is 1. The van der Waals surface area contributed by atoms with Gasteiger partial charge in [0.15, 0.2) is 11.3 Å². The Morgan fingerprint density at radius 1 is 1.33 bits per heavy atom. The summed E-state index contributed by atoms with van der Waals surface area (Å²) in [6.07, 6.45) is -1.29. The molecule has 0 spiro atoms. The Kier molecular flexibility index (Phi) is 2.91. The molecule has 1 aliphatic rings. The largest absolute Gasteiger partial charge is 0.366 e. The highest BCUT2D eigenvalue weighted by Gasteiger charge is 2.43. The molecule has 2 heterocycles. The predicted molar refractivity (Wildman–Crippen MR) is 70.1 cm³/mol. The van der Waals surface area contributed by atoms with Crippen molar-refractivity contribution in [2.45, 2.75) is 12.4 Å². The van der Waals surface area contributed by atoms with Crippen molar-refractivity contribution in [2.75, 3.05) is 0 Å². The average molecular weight is 282 g/mol.